The maximum Gasteiger partial charge on any atom is 0.207 e. The molecule has 0 aromatic heterocycles. The van der Waals surface area contributed by atoms with Crippen molar-refractivity contribution in [3.8, 4) is 11.5 Å². The van der Waals surface area contributed by atoms with E-state index in [1.165, 1.54) is 12.1 Å². The van der Waals surface area contributed by atoms with Crippen LogP contribution in [0.25, 0.3) is 0 Å². The lowest BCUT2D eigenvalue weighted by atomic mass is 10.2. The highest BCUT2D eigenvalue weighted by Gasteiger charge is 2.15. The quantitative estimate of drug-likeness (QED) is 0.700. The second-order valence-corrected chi connectivity index (χ2v) is 3.20. The lowest BCUT2D eigenvalue weighted by Gasteiger charge is -2.11. The van der Waals surface area contributed by atoms with E-state index in [0.717, 1.165) is 6.42 Å². The Balaban J connectivity index is 3.04. The van der Waals surface area contributed by atoms with Gasteiger partial charge in [0.05, 0.1) is 18.8 Å². The van der Waals surface area contributed by atoms with Crippen molar-refractivity contribution in [3.63, 3.8) is 0 Å². The van der Waals surface area contributed by atoms with Crippen molar-refractivity contribution in [1.82, 2.24) is 0 Å². The third kappa shape index (κ3) is 2.72. The molecule has 1 aromatic rings. The first kappa shape index (κ1) is 12.5. The maximum atomic E-state index is 13.8. The molecule has 0 aliphatic rings. The van der Waals surface area contributed by atoms with Gasteiger partial charge in [0.25, 0.3) is 0 Å². The van der Waals surface area contributed by atoms with Crippen molar-refractivity contribution in [3.05, 3.63) is 23.5 Å². The molecular weight excluding hydrogens is 211 g/mol. The van der Waals surface area contributed by atoms with Crippen molar-refractivity contribution in [1.29, 1.82) is 0 Å². The van der Waals surface area contributed by atoms with Crippen LogP contribution in [-0.4, -0.2) is 19.5 Å². The number of halogens is 1. The molecule has 16 heavy (non-hydrogen) atoms. The smallest absolute Gasteiger partial charge is 0.207 e. The van der Waals surface area contributed by atoms with Gasteiger partial charge in [-0.05, 0) is 25.5 Å². The van der Waals surface area contributed by atoms with E-state index in [0.29, 0.717) is 19.5 Å². The Bertz CT molecular complexity index is 364. The van der Waals surface area contributed by atoms with Crippen molar-refractivity contribution >= 4 is 6.29 Å². The molecule has 0 saturated carbocycles. The summed E-state index contributed by atoms with van der Waals surface area (Å²) in [6, 6.07) is 2.93. The number of hydrogen-bond acceptors (Lipinski definition) is 3. The molecule has 0 saturated heterocycles. The maximum absolute atomic E-state index is 13.8. The molecule has 4 heteroatoms. The summed E-state index contributed by atoms with van der Waals surface area (Å²) in [4.78, 5) is 10.7. The van der Waals surface area contributed by atoms with E-state index in [2.05, 4.69) is 0 Å². The van der Waals surface area contributed by atoms with Crippen LogP contribution < -0.4 is 9.47 Å². The number of ether oxygens (including phenoxy) is 2. The summed E-state index contributed by atoms with van der Waals surface area (Å²) >= 11 is 0. The summed E-state index contributed by atoms with van der Waals surface area (Å²) in [6.07, 6.45) is 1.36. The Hall–Kier alpha value is -1.58. The van der Waals surface area contributed by atoms with Gasteiger partial charge in [-0.3, -0.25) is 4.79 Å². The SMILES string of the molecule is CCCOc1ccc(C=O)c(OCC)c1F. The molecule has 0 aliphatic carbocycles. The number of carbonyl (C=O) groups excluding carboxylic acids is 1. The third-order valence-electron chi connectivity index (χ3n) is 1.97. The van der Waals surface area contributed by atoms with Gasteiger partial charge in [-0.2, -0.15) is 4.39 Å². The van der Waals surface area contributed by atoms with Gasteiger partial charge in [0, 0.05) is 0 Å². The van der Waals surface area contributed by atoms with Gasteiger partial charge in [0.2, 0.25) is 5.82 Å². The molecule has 88 valence electrons. The number of carbonyl (C=O) groups is 1. The van der Waals surface area contributed by atoms with Crippen LogP contribution in [0.1, 0.15) is 30.6 Å². The lowest BCUT2D eigenvalue weighted by molar-refractivity contribution is 0.111. The molecule has 1 rings (SSSR count). The minimum Gasteiger partial charge on any atom is -0.490 e. The second-order valence-electron chi connectivity index (χ2n) is 3.20. The third-order valence-corrected chi connectivity index (χ3v) is 1.97. The van der Waals surface area contributed by atoms with E-state index >= 15 is 0 Å². The van der Waals surface area contributed by atoms with E-state index in [4.69, 9.17) is 9.47 Å². The zero-order valence-corrected chi connectivity index (χ0v) is 9.46. The van der Waals surface area contributed by atoms with Gasteiger partial charge < -0.3 is 9.47 Å². The molecule has 0 heterocycles. The van der Waals surface area contributed by atoms with E-state index in [1.807, 2.05) is 6.92 Å². The Morgan fingerprint density at radius 1 is 1.31 bits per heavy atom. The molecule has 3 nitrogen and oxygen atoms in total. The summed E-state index contributed by atoms with van der Waals surface area (Å²) in [5, 5.41) is 0. The Morgan fingerprint density at radius 3 is 2.62 bits per heavy atom. The fraction of sp³-hybridized carbons (Fsp3) is 0.417. The van der Waals surface area contributed by atoms with Crippen molar-refractivity contribution in [2.45, 2.75) is 20.3 Å². The molecule has 0 aliphatic heterocycles. The zero-order chi connectivity index (χ0) is 12.0. The van der Waals surface area contributed by atoms with Crippen LogP contribution >= 0.6 is 0 Å². The highest BCUT2D eigenvalue weighted by Crippen LogP contribution is 2.29. The van der Waals surface area contributed by atoms with E-state index in [-0.39, 0.29) is 17.1 Å². The van der Waals surface area contributed by atoms with Gasteiger partial charge in [-0.25, -0.2) is 0 Å². The number of benzene rings is 1. The van der Waals surface area contributed by atoms with Gasteiger partial charge in [0.15, 0.2) is 17.8 Å². The average Bonchev–Trinajstić information content (AvgIpc) is 2.30. The minimum absolute atomic E-state index is 0.0360. The molecule has 0 N–H and O–H groups in total. The van der Waals surface area contributed by atoms with Gasteiger partial charge in [0.1, 0.15) is 0 Å². The second kappa shape index (κ2) is 6.10. The van der Waals surface area contributed by atoms with Crippen LogP contribution in [0.4, 0.5) is 4.39 Å². The van der Waals surface area contributed by atoms with Crippen molar-refractivity contribution in [2.75, 3.05) is 13.2 Å². The Morgan fingerprint density at radius 2 is 2.06 bits per heavy atom. The van der Waals surface area contributed by atoms with Crippen LogP contribution in [0, 0.1) is 5.82 Å². The first-order valence-electron chi connectivity index (χ1n) is 5.27. The highest BCUT2D eigenvalue weighted by atomic mass is 19.1. The summed E-state index contributed by atoms with van der Waals surface area (Å²) in [5.41, 5.74) is 0.197. The fourth-order valence-corrected chi connectivity index (χ4v) is 1.26. The molecule has 1 aromatic carbocycles. The largest absolute Gasteiger partial charge is 0.490 e. The van der Waals surface area contributed by atoms with Crippen LogP contribution in [0.5, 0.6) is 11.5 Å². The number of hydrogen-bond donors (Lipinski definition) is 0. The van der Waals surface area contributed by atoms with Crippen molar-refractivity contribution < 1.29 is 18.7 Å². The minimum atomic E-state index is -0.611. The Labute approximate surface area is 94.2 Å². The molecule has 0 amide bonds. The van der Waals surface area contributed by atoms with E-state index in [1.54, 1.807) is 6.92 Å². The molecule has 0 atom stereocenters. The first-order valence-corrected chi connectivity index (χ1v) is 5.27. The van der Waals surface area contributed by atoms with Gasteiger partial charge in [-0.1, -0.05) is 6.92 Å². The van der Waals surface area contributed by atoms with Crippen LogP contribution in [0.15, 0.2) is 12.1 Å². The van der Waals surface area contributed by atoms with Crippen LogP contribution in [0.2, 0.25) is 0 Å². The summed E-state index contributed by atoms with van der Waals surface area (Å²) in [7, 11) is 0. The standard InChI is InChI=1S/C12H15FO3/c1-3-7-16-10-6-5-9(8-14)12(11(10)13)15-4-2/h5-6,8H,3-4,7H2,1-2H3. The van der Waals surface area contributed by atoms with E-state index in [9.17, 15) is 9.18 Å². The first-order chi connectivity index (χ1) is 7.74. The monoisotopic (exact) mass is 226 g/mol. The van der Waals surface area contributed by atoms with Crippen molar-refractivity contribution in [2.24, 2.45) is 0 Å². The van der Waals surface area contributed by atoms with E-state index < -0.39 is 5.82 Å². The van der Waals surface area contributed by atoms with Gasteiger partial charge in [-0.15, -0.1) is 0 Å². The molecule has 0 radical (unpaired) electrons. The Kier molecular flexibility index (Phi) is 4.76. The lowest BCUT2D eigenvalue weighted by Crippen LogP contribution is -2.03. The average molecular weight is 226 g/mol. The number of aldehydes is 1. The normalized spacial score (nSPS) is 9.94. The van der Waals surface area contributed by atoms with Gasteiger partial charge >= 0.3 is 0 Å². The number of rotatable bonds is 6. The zero-order valence-electron chi connectivity index (χ0n) is 9.46. The van der Waals surface area contributed by atoms with Crippen LogP contribution in [-0.2, 0) is 0 Å². The summed E-state index contributed by atoms with van der Waals surface area (Å²) in [5.74, 6) is -0.526. The molecule has 0 unspecified atom stereocenters. The predicted molar refractivity (Wildman–Crippen MR) is 58.7 cm³/mol. The summed E-state index contributed by atoms with van der Waals surface area (Å²) < 4.78 is 24.1. The predicted octanol–water partition coefficient (Wildman–Crippen LogP) is 2.83. The summed E-state index contributed by atoms with van der Waals surface area (Å²) in [6.45, 7) is 4.40. The van der Waals surface area contributed by atoms with Crippen LogP contribution in [0.3, 0.4) is 0 Å². The molecule has 0 bridgehead atoms. The molecule has 0 spiro atoms. The molecular formula is C12H15FO3. The highest BCUT2D eigenvalue weighted by molar-refractivity contribution is 5.80. The topological polar surface area (TPSA) is 35.5 Å². The fourth-order valence-electron chi connectivity index (χ4n) is 1.26. The molecule has 0 fully saturated rings.